The fourth-order valence-corrected chi connectivity index (χ4v) is 3.43. The highest BCUT2D eigenvalue weighted by atomic mass is 32.2. The Balaban J connectivity index is 1.74. The minimum atomic E-state index is 0.400. The second kappa shape index (κ2) is 6.48. The van der Waals surface area contributed by atoms with Crippen LogP contribution in [0.5, 0.6) is 5.75 Å². The molecular weight excluding hydrogens is 242 g/mol. The van der Waals surface area contributed by atoms with E-state index in [1.54, 1.807) is 0 Å². The van der Waals surface area contributed by atoms with Crippen molar-refractivity contribution >= 4 is 11.8 Å². The molecule has 1 aliphatic heterocycles. The Morgan fingerprint density at radius 1 is 1.39 bits per heavy atom. The lowest BCUT2D eigenvalue weighted by atomic mass is 10.1. The van der Waals surface area contributed by atoms with Gasteiger partial charge in [0.2, 0.25) is 0 Å². The van der Waals surface area contributed by atoms with Gasteiger partial charge in [0, 0.05) is 17.3 Å². The van der Waals surface area contributed by atoms with Crippen molar-refractivity contribution in [2.45, 2.75) is 44.5 Å². The van der Waals surface area contributed by atoms with Gasteiger partial charge in [-0.15, -0.1) is 0 Å². The quantitative estimate of drug-likeness (QED) is 0.883. The summed E-state index contributed by atoms with van der Waals surface area (Å²) in [5.74, 6) is 2.24. The van der Waals surface area contributed by atoms with Gasteiger partial charge in [0.15, 0.2) is 0 Å². The van der Waals surface area contributed by atoms with Crippen molar-refractivity contribution in [2.24, 2.45) is 0 Å². The van der Waals surface area contributed by atoms with E-state index in [1.807, 2.05) is 12.1 Å². The van der Waals surface area contributed by atoms with E-state index in [1.165, 1.54) is 17.7 Å². The first kappa shape index (κ1) is 13.8. The lowest BCUT2D eigenvalue weighted by Crippen LogP contribution is -2.42. The molecule has 1 aromatic rings. The first-order chi connectivity index (χ1) is 8.65. The zero-order chi connectivity index (χ0) is 13.0. The van der Waals surface area contributed by atoms with Crippen LogP contribution in [0.2, 0.25) is 0 Å². The van der Waals surface area contributed by atoms with Gasteiger partial charge in [-0.3, -0.25) is 0 Å². The maximum atomic E-state index is 5.80. The first-order valence-corrected chi connectivity index (χ1v) is 7.77. The van der Waals surface area contributed by atoms with Crippen LogP contribution in [0.3, 0.4) is 0 Å². The number of rotatable bonds is 5. The molecule has 0 bridgehead atoms. The Hall–Kier alpha value is -0.670. The molecule has 1 N–H and O–H groups in total. The van der Waals surface area contributed by atoms with Gasteiger partial charge in [-0.1, -0.05) is 24.6 Å². The van der Waals surface area contributed by atoms with Crippen LogP contribution < -0.4 is 10.1 Å². The summed E-state index contributed by atoms with van der Waals surface area (Å²) in [7, 11) is 0. The third kappa shape index (κ3) is 3.92. The summed E-state index contributed by atoms with van der Waals surface area (Å²) in [5, 5.41) is 4.39. The molecule has 1 heterocycles. The lowest BCUT2D eigenvalue weighted by Gasteiger charge is -2.22. The SMILES string of the molecule is Cc1ccc(OCC(C)NC2CCSC2C)cc1. The van der Waals surface area contributed by atoms with Crippen LogP contribution in [0.15, 0.2) is 24.3 Å². The van der Waals surface area contributed by atoms with Crippen molar-refractivity contribution in [2.75, 3.05) is 12.4 Å². The molecule has 100 valence electrons. The van der Waals surface area contributed by atoms with E-state index in [0.717, 1.165) is 17.6 Å². The number of nitrogens with one attached hydrogen (secondary N) is 1. The molecule has 1 fully saturated rings. The van der Waals surface area contributed by atoms with Crippen molar-refractivity contribution < 1.29 is 4.74 Å². The normalized spacial score (nSPS) is 25.1. The highest BCUT2D eigenvalue weighted by Crippen LogP contribution is 2.26. The summed E-state index contributed by atoms with van der Waals surface area (Å²) in [6, 6.07) is 9.29. The summed E-state index contributed by atoms with van der Waals surface area (Å²) in [4.78, 5) is 0. The Morgan fingerprint density at radius 2 is 2.11 bits per heavy atom. The summed E-state index contributed by atoms with van der Waals surface area (Å²) >= 11 is 2.06. The summed E-state index contributed by atoms with van der Waals surface area (Å²) in [6.45, 7) is 7.33. The molecule has 0 saturated carbocycles. The number of ether oxygens (including phenoxy) is 1. The average Bonchev–Trinajstić information content (AvgIpc) is 2.74. The summed E-state index contributed by atoms with van der Waals surface area (Å²) < 4.78 is 5.80. The zero-order valence-corrected chi connectivity index (χ0v) is 12.3. The number of thioether (sulfide) groups is 1. The molecule has 3 heteroatoms. The predicted molar refractivity (Wildman–Crippen MR) is 79.6 cm³/mol. The summed E-state index contributed by atoms with van der Waals surface area (Å²) in [6.07, 6.45) is 1.28. The molecule has 0 spiro atoms. The van der Waals surface area contributed by atoms with Gasteiger partial charge in [-0.2, -0.15) is 11.8 Å². The number of hydrogen-bond acceptors (Lipinski definition) is 3. The monoisotopic (exact) mass is 265 g/mol. The fraction of sp³-hybridized carbons (Fsp3) is 0.600. The minimum absolute atomic E-state index is 0.400. The Labute approximate surface area is 114 Å². The molecule has 2 nitrogen and oxygen atoms in total. The number of benzene rings is 1. The molecule has 18 heavy (non-hydrogen) atoms. The molecule has 1 saturated heterocycles. The number of aryl methyl sites for hydroxylation is 1. The van der Waals surface area contributed by atoms with E-state index in [2.05, 4.69) is 50.0 Å². The van der Waals surface area contributed by atoms with Crippen LogP contribution in [-0.4, -0.2) is 29.7 Å². The molecular formula is C15H23NOS. The molecule has 0 aliphatic carbocycles. The highest BCUT2D eigenvalue weighted by Gasteiger charge is 2.24. The van der Waals surface area contributed by atoms with Crippen molar-refractivity contribution in [3.05, 3.63) is 29.8 Å². The van der Waals surface area contributed by atoms with Crippen LogP contribution >= 0.6 is 11.8 Å². The second-order valence-corrected chi connectivity index (χ2v) is 6.65. The largest absolute Gasteiger partial charge is 0.492 e. The van der Waals surface area contributed by atoms with Crippen LogP contribution in [-0.2, 0) is 0 Å². The van der Waals surface area contributed by atoms with Gasteiger partial charge in [-0.05, 0) is 38.2 Å². The molecule has 1 aromatic carbocycles. The molecule has 1 aliphatic rings. The second-order valence-electron chi connectivity index (χ2n) is 5.16. The van der Waals surface area contributed by atoms with Crippen molar-refractivity contribution in [1.82, 2.24) is 5.32 Å². The van der Waals surface area contributed by atoms with E-state index in [4.69, 9.17) is 4.74 Å². The molecule has 0 radical (unpaired) electrons. The van der Waals surface area contributed by atoms with Crippen LogP contribution in [0.25, 0.3) is 0 Å². The molecule has 2 rings (SSSR count). The van der Waals surface area contributed by atoms with Gasteiger partial charge >= 0.3 is 0 Å². The van der Waals surface area contributed by atoms with E-state index >= 15 is 0 Å². The van der Waals surface area contributed by atoms with Crippen LogP contribution in [0.4, 0.5) is 0 Å². The van der Waals surface area contributed by atoms with E-state index in [9.17, 15) is 0 Å². The fourth-order valence-electron chi connectivity index (χ4n) is 2.22. The van der Waals surface area contributed by atoms with E-state index in [-0.39, 0.29) is 0 Å². The maximum absolute atomic E-state index is 5.80. The maximum Gasteiger partial charge on any atom is 0.119 e. The Morgan fingerprint density at radius 3 is 2.72 bits per heavy atom. The predicted octanol–water partition coefficient (Wildman–Crippen LogP) is 3.25. The van der Waals surface area contributed by atoms with Gasteiger partial charge in [0.05, 0.1) is 0 Å². The van der Waals surface area contributed by atoms with Crippen molar-refractivity contribution in [3.63, 3.8) is 0 Å². The van der Waals surface area contributed by atoms with E-state index in [0.29, 0.717) is 12.1 Å². The van der Waals surface area contributed by atoms with Gasteiger partial charge < -0.3 is 10.1 Å². The van der Waals surface area contributed by atoms with Crippen molar-refractivity contribution in [1.29, 1.82) is 0 Å². The Kier molecular flexibility index (Phi) is 4.95. The van der Waals surface area contributed by atoms with Gasteiger partial charge in [0.25, 0.3) is 0 Å². The number of hydrogen-bond donors (Lipinski definition) is 1. The molecule has 0 aromatic heterocycles. The standard InChI is InChI=1S/C15H23NOS/c1-11-4-6-14(7-5-11)17-10-12(2)16-15-8-9-18-13(15)3/h4-7,12-13,15-16H,8-10H2,1-3H3. The first-order valence-electron chi connectivity index (χ1n) is 6.72. The average molecular weight is 265 g/mol. The smallest absolute Gasteiger partial charge is 0.119 e. The Bertz CT molecular complexity index is 365. The molecule has 3 atom stereocenters. The molecule has 0 amide bonds. The minimum Gasteiger partial charge on any atom is -0.492 e. The zero-order valence-electron chi connectivity index (χ0n) is 11.5. The van der Waals surface area contributed by atoms with E-state index < -0.39 is 0 Å². The third-order valence-corrected chi connectivity index (χ3v) is 4.72. The van der Waals surface area contributed by atoms with Crippen LogP contribution in [0.1, 0.15) is 25.8 Å². The van der Waals surface area contributed by atoms with Gasteiger partial charge in [0.1, 0.15) is 12.4 Å². The lowest BCUT2D eigenvalue weighted by molar-refractivity contribution is 0.260. The molecule has 3 unspecified atom stereocenters. The highest BCUT2D eigenvalue weighted by molar-refractivity contribution is 8.00. The van der Waals surface area contributed by atoms with Crippen LogP contribution in [0, 0.1) is 6.92 Å². The van der Waals surface area contributed by atoms with Gasteiger partial charge in [-0.25, -0.2) is 0 Å². The third-order valence-electron chi connectivity index (χ3n) is 3.40. The summed E-state index contributed by atoms with van der Waals surface area (Å²) in [5.41, 5.74) is 1.27. The topological polar surface area (TPSA) is 21.3 Å². The van der Waals surface area contributed by atoms with Crippen molar-refractivity contribution in [3.8, 4) is 5.75 Å².